The first-order valence-electron chi connectivity index (χ1n) is 8.99. The summed E-state index contributed by atoms with van der Waals surface area (Å²) < 4.78 is 41.6. The van der Waals surface area contributed by atoms with Crippen LogP contribution in [0.4, 0.5) is 0 Å². The second-order valence-corrected chi connectivity index (χ2v) is 8.18. The highest BCUT2D eigenvalue weighted by atomic mass is 32.2. The summed E-state index contributed by atoms with van der Waals surface area (Å²) in [4.78, 5) is 4.60. The number of nitrogens with zero attached hydrogens (tertiary/aromatic N) is 2. The van der Waals surface area contributed by atoms with Crippen LogP contribution in [0.1, 0.15) is 12.7 Å². The minimum Gasteiger partial charge on any atom is -0.493 e. The fourth-order valence-corrected chi connectivity index (χ4v) is 4.10. The predicted molar refractivity (Wildman–Crippen MR) is 106 cm³/mol. The third-order valence-corrected chi connectivity index (χ3v) is 5.82. The van der Waals surface area contributed by atoms with Gasteiger partial charge in [-0.25, -0.2) is 8.42 Å². The Hall–Kier alpha value is -3.39. The maximum Gasteiger partial charge on any atom is 0.293 e. The fourth-order valence-electron chi connectivity index (χ4n) is 2.83. The maximum absolute atomic E-state index is 12.5. The Bertz CT molecular complexity index is 1210. The smallest absolute Gasteiger partial charge is 0.293 e. The second kappa shape index (κ2) is 7.92. The maximum atomic E-state index is 12.5. The van der Waals surface area contributed by atoms with E-state index in [1.54, 1.807) is 42.5 Å². The Kier molecular flexibility index (Phi) is 5.18. The van der Waals surface area contributed by atoms with E-state index in [0.717, 1.165) is 0 Å². The number of sulfone groups is 1. The van der Waals surface area contributed by atoms with E-state index in [4.69, 9.17) is 13.7 Å². The summed E-state index contributed by atoms with van der Waals surface area (Å²) in [5.74, 6) is 1.50. The van der Waals surface area contributed by atoms with Crippen molar-refractivity contribution < 1.29 is 22.1 Å². The van der Waals surface area contributed by atoms with Gasteiger partial charge in [-0.1, -0.05) is 35.5 Å². The van der Waals surface area contributed by atoms with Crippen LogP contribution in [0.3, 0.4) is 0 Å². The molecule has 4 aromatic rings. The predicted octanol–water partition coefficient (Wildman–Crippen LogP) is 4.37. The molecule has 0 unspecified atom stereocenters. The highest BCUT2D eigenvalue weighted by molar-refractivity contribution is 7.90. The number of ether oxygens (including phenoxy) is 1. The van der Waals surface area contributed by atoms with Gasteiger partial charge in [-0.05, 0) is 43.3 Å². The number of hydrogen-bond donors (Lipinski definition) is 0. The molecular formula is C21H18N2O5S. The van der Waals surface area contributed by atoms with Gasteiger partial charge in [0.05, 0.1) is 17.1 Å². The molecular weight excluding hydrogens is 392 g/mol. The summed E-state index contributed by atoms with van der Waals surface area (Å²) >= 11 is 0. The van der Waals surface area contributed by atoms with Crippen molar-refractivity contribution in [3.63, 3.8) is 0 Å². The molecule has 0 N–H and O–H groups in total. The Morgan fingerprint density at radius 3 is 2.52 bits per heavy atom. The third-order valence-electron chi connectivity index (χ3n) is 4.16. The zero-order valence-corrected chi connectivity index (χ0v) is 16.4. The molecule has 0 spiro atoms. The van der Waals surface area contributed by atoms with Crippen LogP contribution in [0.5, 0.6) is 5.75 Å². The van der Waals surface area contributed by atoms with Gasteiger partial charge in [-0.3, -0.25) is 0 Å². The molecule has 0 saturated carbocycles. The van der Waals surface area contributed by atoms with E-state index >= 15 is 0 Å². The average Bonchev–Trinajstić information content (AvgIpc) is 3.39. The van der Waals surface area contributed by atoms with Gasteiger partial charge < -0.3 is 13.7 Å². The Balaban J connectivity index is 1.57. The van der Waals surface area contributed by atoms with Gasteiger partial charge in [0.2, 0.25) is 5.82 Å². The molecule has 0 aliphatic heterocycles. The first kappa shape index (κ1) is 18.9. The lowest BCUT2D eigenvalue weighted by Crippen LogP contribution is -2.03. The molecule has 7 nitrogen and oxygen atoms in total. The fraction of sp³-hybridized carbons (Fsp3) is 0.143. The molecule has 0 atom stereocenters. The number of benzene rings is 2. The van der Waals surface area contributed by atoms with Crippen LogP contribution in [0.25, 0.3) is 23.0 Å². The summed E-state index contributed by atoms with van der Waals surface area (Å²) in [6, 6.07) is 18.8. The lowest BCUT2D eigenvalue weighted by molar-refractivity contribution is 0.341. The standard InChI is InChI=1S/C21H18N2O5S/c1-2-26-18-11-7-6-10-17(18)20-22-21(28-23-20)19-13-12-15(27-19)14-29(24,25)16-8-4-3-5-9-16/h3-13H,2,14H2,1H3. The monoisotopic (exact) mass is 410 g/mol. The van der Waals surface area contributed by atoms with E-state index in [-0.39, 0.29) is 16.5 Å². The molecule has 29 heavy (non-hydrogen) atoms. The quantitative estimate of drug-likeness (QED) is 0.446. The van der Waals surface area contributed by atoms with Crippen LogP contribution in [0.2, 0.25) is 0 Å². The van der Waals surface area contributed by atoms with Crippen molar-refractivity contribution in [2.45, 2.75) is 17.6 Å². The molecule has 0 aliphatic rings. The number of furan rings is 1. The van der Waals surface area contributed by atoms with Crippen LogP contribution in [0, 0.1) is 0 Å². The van der Waals surface area contributed by atoms with Crippen molar-refractivity contribution in [3.8, 4) is 28.8 Å². The summed E-state index contributed by atoms with van der Waals surface area (Å²) in [6.07, 6.45) is 0. The summed E-state index contributed by atoms with van der Waals surface area (Å²) in [6.45, 7) is 2.41. The number of aromatic nitrogens is 2. The number of hydrogen-bond acceptors (Lipinski definition) is 7. The highest BCUT2D eigenvalue weighted by Crippen LogP contribution is 2.30. The normalized spacial score (nSPS) is 11.5. The van der Waals surface area contributed by atoms with Crippen molar-refractivity contribution >= 4 is 9.84 Å². The highest BCUT2D eigenvalue weighted by Gasteiger charge is 2.20. The molecule has 148 valence electrons. The van der Waals surface area contributed by atoms with Crippen LogP contribution in [0.15, 0.2) is 80.6 Å². The van der Waals surface area contributed by atoms with Crippen LogP contribution >= 0.6 is 0 Å². The van der Waals surface area contributed by atoms with Crippen molar-refractivity contribution in [2.75, 3.05) is 6.61 Å². The van der Waals surface area contributed by atoms with E-state index in [1.165, 1.54) is 0 Å². The first-order valence-corrected chi connectivity index (χ1v) is 10.6. The summed E-state index contributed by atoms with van der Waals surface area (Å²) in [7, 11) is -3.51. The summed E-state index contributed by atoms with van der Waals surface area (Å²) in [5, 5.41) is 3.99. The Labute approximate surface area is 167 Å². The van der Waals surface area contributed by atoms with Crippen LogP contribution in [-0.2, 0) is 15.6 Å². The lowest BCUT2D eigenvalue weighted by atomic mass is 10.2. The zero-order chi connectivity index (χ0) is 20.3. The molecule has 0 aliphatic carbocycles. The topological polar surface area (TPSA) is 95.4 Å². The molecule has 0 saturated heterocycles. The minimum atomic E-state index is -3.51. The molecule has 0 amide bonds. The SMILES string of the molecule is CCOc1ccccc1-c1noc(-c2ccc(CS(=O)(=O)c3ccccc3)o2)n1. The third kappa shape index (κ3) is 4.07. The molecule has 2 aromatic carbocycles. The molecule has 4 rings (SSSR count). The molecule has 0 fully saturated rings. The van der Waals surface area contributed by atoms with E-state index in [9.17, 15) is 8.42 Å². The van der Waals surface area contributed by atoms with Crippen molar-refractivity contribution in [1.29, 1.82) is 0 Å². The Morgan fingerprint density at radius 2 is 1.72 bits per heavy atom. The van der Waals surface area contributed by atoms with Crippen molar-refractivity contribution in [1.82, 2.24) is 10.1 Å². The number of rotatable bonds is 7. The summed E-state index contributed by atoms with van der Waals surface area (Å²) in [5.41, 5.74) is 0.697. The van der Waals surface area contributed by atoms with Crippen LogP contribution in [-0.4, -0.2) is 25.2 Å². The molecule has 8 heteroatoms. The van der Waals surface area contributed by atoms with E-state index in [1.807, 2.05) is 31.2 Å². The largest absolute Gasteiger partial charge is 0.493 e. The zero-order valence-electron chi connectivity index (χ0n) is 15.6. The van der Waals surface area contributed by atoms with Gasteiger partial charge in [-0.15, -0.1) is 0 Å². The van der Waals surface area contributed by atoms with Crippen molar-refractivity contribution in [3.05, 3.63) is 72.5 Å². The number of para-hydroxylation sites is 1. The average molecular weight is 410 g/mol. The van der Waals surface area contributed by atoms with E-state index in [0.29, 0.717) is 35.3 Å². The molecule has 0 radical (unpaired) electrons. The molecule has 2 heterocycles. The van der Waals surface area contributed by atoms with E-state index < -0.39 is 9.84 Å². The van der Waals surface area contributed by atoms with E-state index in [2.05, 4.69) is 10.1 Å². The first-order chi connectivity index (χ1) is 14.1. The second-order valence-electron chi connectivity index (χ2n) is 6.19. The van der Waals surface area contributed by atoms with Crippen LogP contribution < -0.4 is 4.74 Å². The Morgan fingerprint density at radius 1 is 0.966 bits per heavy atom. The van der Waals surface area contributed by atoms with Gasteiger partial charge >= 0.3 is 0 Å². The lowest BCUT2D eigenvalue weighted by Gasteiger charge is -2.05. The van der Waals surface area contributed by atoms with Gasteiger partial charge in [-0.2, -0.15) is 4.98 Å². The van der Waals surface area contributed by atoms with Gasteiger partial charge in [0.1, 0.15) is 17.3 Å². The van der Waals surface area contributed by atoms with Gasteiger partial charge in [0, 0.05) is 0 Å². The van der Waals surface area contributed by atoms with Gasteiger partial charge in [0.15, 0.2) is 15.6 Å². The minimum absolute atomic E-state index is 0.162. The molecule has 2 aromatic heterocycles. The molecule has 0 bridgehead atoms. The van der Waals surface area contributed by atoms with Gasteiger partial charge in [0.25, 0.3) is 5.89 Å². The van der Waals surface area contributed by atoms with Crippen molar-refractivity contribution in [2.24, 2.45) is 0 Å².